The molecule has 0 aliphatic carbocycles. The predicted molar refractivity (Wildman–Crippen MR) is 116 cm³/mol. The van der Waals surface area contributed by atoms with Gasteiger partial charge in [-0.05, 0) is 60.2 Å². The highest BCUT2D eigenvalue weighted by Gasteiger charge is 2.39. The van der Waals surface area contributed by atoms with Gasteiger partial charge in [0, 0.05) is 22.6 Å². The van der Waals surface area contributed by atoms with Crippen LogP contribution in [0.1, 0.15) is 49.0 Å². The normalized spacial score (nSPS) is 18.1. The Kier molecular flexibility index (Phi) is 5.50. The van der Waals surface area contributed by atoms with Crippen molar-refractivity contribution in [2.24, 2.45) is 0 Å². The van der Waals surface area contributed by atoms with Gasteiger partial charge in [-0.15, -0.1) is 6.42 Å². The molecule has 1 aliphatic heterocycles. The highest BCUT2D eigenvalue weighted by atomic mass is 19.1. The number of methoxy groups -OCH3 is 1. The number of hydrogen-bond acceptors (Lipinski definition) is 2. The molecule has 1 amide bonds. The minimum atomic E-state index is -0.391. The topological polar surface area (TPSA) is 45.3 Å². The van der Waals surface area contributed by atoms with E-state index in [9.17, 15) is 9.18 Å². The van der Waals surface area contributed by atoms with E-state index in [1.54, 1.807) is 24.1 Å². The zero-order valence-corrected chi connectivity index (χ0v) is 17.2. The van der Waals surface area contributed by atoms with E-state index in [1.165, 1.54) is 17.7 Å². The van der Waals surface area contributed by atoms with E-state index in [0.29, 0.717) is 6.42 Å². The lowest BCUT2D eigenvalue weighted by Crippen LogP contribution is -2.47. The van der Waals surface area contributed by atoms with E-state index in [0.717, 1.165) is 47.2 Å². The summed E-state index contributed by atoms with van der Waals surface area (Å²) in [6.45, 7) is 2.13. The molecule has 4 rings (SSSR count). The van der Waals surface area contributed by atoms with Crippen LogP contribution >= 0.6 is 0 Å². The Hall–Kier alpha value is -3.26. The van der Waals surface area contributed by atoms with Gasteiger partial charge >= 0.3 is 0 Å². The van der Waals surface area contributed by atoms with Crippen LogP contribution in [0.25, 0.3) is 10.9 Å². The van der Waals surface area contributed by atoms with Gasteiger partial charge in [-0.2, -0.15) is 0 Å². The summed E-state index contributed by atoms with van der Waals surface area (Å²) < 4.78 is 19.1. The molecule has 154 valence electrons. The Labute approximate surface area is 176 Å². The number of aromatic nitrogens is 1. The van der Waals surface area contributed by atoms with Crippen molar-refractivity contribution in [2.75, 3.05) is 7.11 Å². The Bertz CT molecular complexity index is 1110. The lowest BCUT2D eigenvalue weighted by Gasteiger charge is -2.41. The molecule has 1 N–H and O–H groups in total. The second-order valence-electron chi connectivity index (χ2n) is 7.74. The zero-order chi connectivity index (χ0) is 21.3. The van der Waals surface area contributed by atoms with Crippen molar-refractivity contribution in [1.82, 2.24) is 9.88 Å². The lowest BCUT2D eigenvalue weighted by molar-refractivity contribution is -0.130. The van der Waals surface area contributed by atoms with Crippen LogP contribution in [0.15, 0.2) is 42.5 Å². The molecular weight excluding hydrogens is 379 g/mol. The smallest absolute Gasteiger partial charge is 0.299 e. The first-order chi connectivity index (χ1) is 14.6. The first-order valence-electron chi connectivity index (χ1n) is 10.3. The molecule has 0 spiro atoms. The third kappa shape index (κ3) is 3.43. The van der Waals surface area contributed by atoms with E-state index in [4.69, 9.17) is 11.2 Å². The molecule has 0 saturated heterocycles. The number of carbonyl (C=O) groups is 1. The first-order valence-corrected chi connectivity index (χ1v) is 10.3. The van der Waals surface area contributed by atoms with E-state index < -0.39 is 6.04 Å². The quantitative estimate of drug-likeness (QED) is 0.610. The minimum Gasteiger partial charge on any atom is -0.497 e. The fraction of sp³-hybridized carbons (Fsp3) is 0.320. The molecule has 2 aromatic carbocycles. The number of hydrogen-bond donors (Lipinski definition) is 1. The average Bonchev–Trinajstić information content (AvgIpc) is 3.14. The number of halogens is 1. The largest absolute Gasteiger partial charge is 0.497 e. The number of terminal acetylenes is 1. The molecular formula is C25H25FN2O2. The van der Waals surface area contributed by atoms with Gasteiger partial charge in [-0.3, -0.25) is 4.79 Å². The number of nitrogens with one attached hydrogen (secondary N) is 1. The van der Waals surface area contributed by atoms with Gasteiger partial charge in [-0.1, -0.05) is 31.9 Å². The lowest BCUT2D eigenvalue weighted by atomic mass is 9.86. The fourth-order valence-corrected chi connectivity index (χ4v) is 4.52. The predicted octanol–water partition coefficient (Wildman–Crippen LogP) is 4.98. The Morgan fingerprint density at radius 2 is 2.07 bits per heavy atom. The molecule has 5 heteroatoms. The van der Waals surface area contributed by atoms with Crippen LogP contribution in [0.3, 0.4) is 0 Å². The molecule has 1 aromatic heterocycles. The average molecular weight is 404 g/mol. The summed E-state index contributed by atoms with van der Waals surface area (Å²) in [5, 5.41) is 1.09. The van der Waals surface area contributed by atoms with Crippen molar-refractivity contribution >= 4 is 16.8 Å². The molecule has 30 heavy (non-hydrogen) atoms. The van der Waals surface area contributed by atoms with Crippen LogP contribution in [-0.4, -0.2) is 28.9 Å². The third-order valence-corrected chi connectivity index (χ3v) is 5.97. The molecule has 2 heterocycles. The molecule has 0 saturated carbocycles. The van der Waals surface area contributed by atoms with Gasteiger partial charge in [-0.25, -0.2) is 4.39 Å². The SMILES string of the molecule is C#CC(=O)N1[C@@H](CCCC)Cc2c([nH]c3ccc(OC)cc23)[C@@H]1c1ccc(F)cc1. The van der Waals surface area contributed by atoms with Crippen LogP contribution in [0, 0.1) is 18.2 Å². The number of fused-ring (bicyclic) bond motifs is 3. The summed E-state index contributed by atoms with van der Waals surface area (Å²) in [6.07, 6.45) is 9.17. The number of unbranched alkanes of at least 4 members (excludes halogenated alkanes) is 1. The number of carbonyl (C=O) groups excluding carboxylic acids is 1. The van der Waals surface area contributed by atoms with Gasteiger partial charge in [0.2, 0.25) is 0 Å². The number of amides is 1. The molecule has 1 aliphatic rings. The molecule has 4 nitrogen and oxygen atoms in total. The molecule has 0 unspecified atom stereocenters. The van der Waals surface area contributed by atoms with Crippen LogP contribution in [0.2, 0.25) is 0 Å². The minimum absolute atomic E-state index is 0.0266. The van der Waals surface area contributed by atoms with E-state index in [-0.39, 0.29) is 17.8 Å². The molecule has 3 aromatic rings. The summed E-state index contributed by atoms with van der Waals surface area (Å²) in [5.74, 6) is 2.45. The number of ether oxygens (including phenoxy) is 1. The van der Waals surface area contributed by atoms with Gasteiger partial charge in [0.25, 0.3) is 5.91 Å². The van der Waals surface area contributed by atoms with Gasteiger partial charge in [0.15, 0.2) is 0 Å². The summed E-state index contributed by atoms with van der Waals surface area (Å²) in [5.41, 5.74) is 3.92. The van der Waals surface area contributed by atoms with Crippen molar-refractivity contribution in [1.29, 1.82) is 0 Å². The third-order valence-electron chi connectivity index (χ3n) is 5.97. The number of aromatic amines is 1. The van der Waals surface area contributed by atoms with Crippen LogP contribution in [0.5, 0.6) is 5.75 Å². The Morgan fingerprint density at radius 1 is 1.30 bits per heavy atom. The molecule has 0 radical (unpaired) electrons. The Morgan fingerprint density at radius 3 is 2.73 bits per heavy atom. The monoisotopic (exact) mass is 404 g/mol. The maximum Gasteiger partial charge on any atom is 0.299 e. The van der Waals surface area contributed by atoms with Gasteiger partial charge < -0.3 is 14.6 Å². The maximum atomic E-state index is 13.6. The summed E-state index contributed by atoms with van der Waals surface area (Å²) in [7, 11) is 1.65. The van der Waals surface area contributed by atoms with E-state index in [2.05, 4.69) is 17.8 Å². The second-order valence-corrected chi connectivity index (χ2v) is 7.74. The standard InChI is InChI=1S/C25H25FN2O2/c1-4-6-7-18-14-21-20-15-19(30-3)12-13-22(20)27-24(21)25(28(18)23(29)5-2)16-8-10-17(26)11-9-16/h2,8-13,15,18,25,27H,4,6-7,14H2,1,3H3/t18-,25-/m0/s1. The van der Waals surface area contributed by atoms with Gasteiger partial charge in [0.1, 0.15) is 11.6 Å². The van der Waals surface area contributed by atoms with Crippen molar-refractivity contribution in [3.05, 3.63) is 65.1 Å². The van der Waals surface area contributed by atoms with Crippen LogP contribution in [0.4, 0.5) is 4.39 Å². The molecule has 0 bridgehead atoms. The van der Waals surface area contributed by atoms with Crippen molar-refractivity contribution in [2.45, 2.75) is 44.7 Å². The van der Waals surface area contributed by atoms with Crippen LogP contribution in [-0.2, 0) is 11.2 Å². The number of benzene rings is 2. The fourth-order valence-electron chi connectivity index (χ4n) is 4.52. The van der Waals surface area contributed by atoms with Crippen molar-refractivity contribution in [3.63, 3.8) is 0 Å². The maximum absolute atomic E-state index is 13.6. The van der Waals surface area contributed by atoms with Gasteiger partial charge in [0.05, 0.1) is 13.2 Å². The number of rotatable bonds is 5. The molecule has 0 fully saturated rings. The van der Waals surface area contributed by atoms with Crippen molar-refractivity contribution < 1.29 is 13.9 Å². The highest BCUT2D eigenvalue weighted by Crippen LogP contribution is 2.42. The second kappa shape index (κ2) is 8.23. The number of H-pyrrole nitrogens is 1. The van der Waals surface area contributed by atoms with Crippen molar-refractivity contribution in [3.8, 4) is 18.1 Å². The zero-order valence-electron chi connectivity index (χ0n) is 17.2. The number of nitrogens with zero attached hydrogens (tertiary/aromatic N) is 1. The summed E-state index contributed by atoms with van der Waals surface area (Å²) >= 11 is 0. The van der Waals surface area contributed by atoms with E-state index in [1.807, 2.05) is 18.2 Å². The summed E-state index contributed by atoms with van der Waals surface area (Å²) in [4.78, 5) is 18.2. The highest BCUT2D eigenvalue weighted by molar-refractivity contribution is 5.95. The summed E-state index contributed by atoms with van der Waals surface area (Å²) in [6, 6.07) is 11.8. The van der Waals surface area contributed by atoms with E-state index >= 15 is 0 Å². The first kappa shape index (κ1) is 20.0. The Balaban J connectivity index is 1.94. The molecule has 2 atom stereocenters. The van der Waals surface area contributed by atoms with Crippen LogP contribution < -0.4 is 4.74 Å².